The van der Waals surface area contributed by atoms with Gasteiger partial charge in [0.1, 0.15) is 0 Å². The van der Waals surface area contributed by atoms with Crippen molar-refractivity contribution < 1.29 is 0 Å². The van der Waals surface area contributed by atoms with Crippen molar-refractivity contribution >= 4 is 16.7 Å². The first-order valence-corrected chi connectivity index (χ1v) is 10.2. The smallest absolute Gasteiger partial charge is 0.151 e. The summed E-state index contributed by atoms with van der Waals surface area (Å²) in [5.41, 5.74) is 6.33. The molecule has 2 aromatic heterocycles. The molecule has 0 amide bonds. The zero-order chi connectivity index (χ0) is 18.0. The van der Waals surface area contributed by atoms with E-state index in [4.69, 9.17) is 0 Å². The first-order chi connectivity index (χ1) is 13.3. The van der Waals surface area contributed by atoms with E-state index < -0.39 is 0 Å². The van der Waals surface area contributed by atoms with E-state index in [0.29, 0.717) is 6.04 Å². The van der Waals surface area contributed by atoms with Gasteiger partial charge in [0.15, 0.2) is 5.82 Å². The van der Waals surface area contributed by atoms with Crippen molar-refractivity contribution in [3.05, 3.63) is 41.6 Å². The van der Waals surface area contributed by atoms with E-state index >= 15 is 0 Å². The van der Waals surface area contributed by atoms with E-state index in [1.165, 1.54) is 54.4 Å². The Balaban J connectivity index is 1.30. The van der Waals surface area contributed by atoms with Crippen molar-refractivity contribution in [3.63, 3.8) is 0 Å². The van der Waals surface area contributed by atoms with Crippen molar-refractivity contribution in [1.29, 1.82) is 0 Å². The quantitative estimate of drug-likeness (QED) is 0.763. The van der Waals surface area contributed by atoms with Crippen LogP contribution in [0.4, 0.5) is 5.82 Å². The maximum Gasteiger partial charge on any atom is 0.151 e. The van der Waals surface area contributed by atoms with Crippen LogP contribution in [-0.4, -0.2) is 52.8 Å². The molecule has 4 heterocycles. The van der Waals surface area contributed by atoms with Crippen LogP contribution in [-0.2, 0) is 12.8 Å². The number of hydrogen-bond acceptors (Lipinski definition) is 4. The Labute approximate surface area is 159 Å². The summed E-state index contributed by atoms with van der Waals surface area (Å²) in [6.45, 7) is 3.41. The highest BCUT2D eigenvalue weighted by Gasteiger charge is 2.43. The molecule has 5 heteroatoms. The second kappa shape index (κ2) is 5.80. The predicted octanol–water partition coefficient (Wildman–Crippen LogP) is 3.25. The number of nitrogens with zero attached hydrogens (tertiary/aromatic N) is 4. The molecule has 0 radical (unpaired) electrons. The van der Waals surface area contributed by atoms with Crippen molar-refractivity contribution in [2.75, 3.05) is 31.6 Å². The van der Waals surface area contributed by atoms with Gasteiger partial charge in [0.05, 0.1) is 5.69 Å². The average molecular weight is 359 g/mol. The minimum Gasteiger partial charge on any atom is -0.358 e. The number of aryl methyl sites for hydroxylation is 2. The lowest BCUT2D eigenvalue weighted by atomic mass is 9.93. The highest BCUT2D eigenvalue weighted by atomic mass is 15.3. The highest BCUT2D eigenvalue weighted by molar-refractivity contribution is 5.89. The molecule has 27 heavy (non-hydrogen) atoms. The Bertz CT molecular complexity index is 1010. The van der Waals surface area contributed by atoms with Crippen LogP contribution in [0.2, 0.25) is 0 Å². The van der Waals surface area contributed by atoms with Gasteiger partial charge in [-0.05, 0) is 62.6 Å². The summed E-state index contributed by atoms with van der Waals surface area (Å²) in [5, 5.41) is 10.5. The van der Waals surface area contributed by atoms with Crippen molar-refractivity contribution in [2.45, 2.75) is 31.7 Å². The Kier molecular flexibility index (Phi) is 3.36. The molecule has 0 saturated carbocycles. The molecule has 3 aliphatic rings. The molecular formula is C22H25N5. The molecule has 0 bridgehead atoms. The molecule has 2 saturated heterocycles. The lowest BCUT2D eigenvalue weighted by molar-refractivity contribution is 0.0827. The zero-order valence-electron chi connectivity index (χ0n) is 15.8. The molecule has 138 valence electrons. The predicted molar refractivity (Wildman–Crippen MR) is 108 cm³/mol. The molecule has 1 aliphatic carbocycles. The molecular weight excluding hydrogens is 334 g/mol. The van der Waals surface area contributed by atoms with Crippen LogP contribution in [0.5, 0.6) is 0 Å². The number of likely N-dealkylation sites (tertiary alicyclic amines) is 1. The molecule has 2 aliphatic heterocycles. The molecule has 0 spiro atoms. The fraction of sp³-hybridized carbons (Fsp3) is 0.455. The molecule has 3 aromatic rings. The van der Waals surface area contributed by atoms with Gasteiger partial charge in [-0.15, -0.1) is 10.2 Å². The Morgan fingerprint density at radius 1 is 1.00 bits per heavy atom. The van der Waals surface area contributed by atoms with Gasteiger partial charge in [0, 0.05) is 53.8 Å². The minimum atomic E-state index is 0.702. The SMILES string of the molecule is CN1CC2CN(c3ccc(-c4ccc5[nH]c6c(c5c4)CCCC6)nn3)CC21. The van der Waals surface area contributed by atoms with Crippen LogP contribution in [0.3, 0.4) is 0 Å². The zero-order valence-corrected chi connectivity index (χ0v) is 15.8. The number of hydrogen-bond donors (Lipinski definition) is 1. The highest BCUT2D eigenvalue weighted by Crippen LogP contribution is 2.34. The third-order valence-electron chi connectivity index (χ3n) is 6.86. The van der Waals surface area contributed by atoms with Gasteiger partial charge in [0.25, 0.3) is 0 Å². The molecule has 1 aromatic carbocycles. The molecule has 5 nitrogen and oxygen atoms in total. The summed E-state index contributed by atoms with van der Waals surface area (Å²) in [7, 11) is 2.22. The lowest BCUT2D eigenvalue weighted by Gasteiger charge is -2.40. The van der Waals surface area contributed by atoms with E-state index in [2.05, 4.69) is 62.4 Å². The van der Waals surface area contributed by atoms with Crippen molar-refractivity contribution in [3.8, 4) is 11.3 Å². The normalized spacial score (nSPS) is 24.7. The molecule has 6 rings (SSSR count). The van der Waals surface area contributed by atoms with Gasteiger partial charge >= 0.3 is 0 Å². The Hall–Kier alpha value is -2.40. The number of anilines is 1. The van der Waals surface area contributed by atoms with Crippen molar-refractivity contribution in [2.24, 2.45) is 5.92 Å². The lowest BCUT2D eigenvalue weighted by Crippen LogP contribution is -2.52. The minimum absolute atomic E-state index is 0.702. The summed E-state index contributed by atoms with van der Waals surface area (Å²) in [6.07, 6.45) is 4.97. The van der Waals surface area contributed by atoms with Gasteiger partial charge < -0.3 is 14.8 Å². The van der Waals surface area contributed by atoms with Crippen LogP contribution in [0, 0.1) is 5.92 Å². The number of aromatic amines is 1. The summed E-state index contributed by atoms with van der Waals surface area (Å²) in [6, 6.07) is 11.6. The Morgan fingerprint density at radius 3 is 2.74 bits per heavy atom. The summed E-state index contributed by atoms with van der Waals surface area (Å²) >= 11 is 0. The standard InChI is InChI=1S/C22H25N5/c1-26-11-15-12-27(13-21(15)26)22-9-8-18(24-25-22)14-6-7-20-17(10-14)16-4-2-3-5-19(16)23-20/h6-10,15,21,23H,2-5,11-13H2,1H3. The van der Waals surface area contributed by atoms with Crippen molar-refractivity contribution in [1.82, 2.24) is 20.1 Å². The first kappa shape index (κ1) is 15.6. The number of likely N-dealkylation sites (N-methyl/N-ethyl adjacent to an activating group) is 1. The van der Waals surface area contributed by atoms with Gasteiger partial charge in [-0.2, -0.15) is 0 Å². The number of aromatic nitrogens is 3. The van der Waals surface area contributed by atoms with E-state index in [1.807, 2.05) is 0 Å². The number of fused-ring (bicyclic) bond motifs is 4. The number of rotatable bonds is 2. The van der Waals surface area contributed by atoms with Gasteiger partial charge in [-0.3, -0.25) is 0 Å². The summed E-state index contributed by atoms with van der Waals surface area (Å²) in [5.74, 6) is 1.82. The second-order valence-corrected chi connectivity index (χ2v) is 8.50. The number of H-pyrrole nitrogens is 1. The molecule has 1 N–H and O–H groups in total. The van der Waals surface area contributed by atoms with Crippen LogP contribution in [0.1, 0.15) is 24.1 Å². The molecule has 2 unspecified atom stereocenters. The number of benzene rings is 1. The largest absolute Gasteiger partial charge is 0.358 e. The van der Waals surface area contributed by atoms with Crippen LogP contribution in [0.25, 0.3) is 22.2 Å². The van der Waals surface area contributed by atoms with E-state index in [1.54, 1.807) is 0 Å². The third kappa shape index (κ3) is 2.41. The molecule has 2 atom stereocenters. The van der Waals surface area contributed by atoms with E-state index in [-0.39, 0.29) is 0 Å². The summed E-state index contributed by atoms with van der Waals surface area (Å²) in [4.78, 5) is 8.45. The monoisotopic (exact) mass is 359 g/mol. The van der Waals surface area contributed by atoms with Crippen LogP contribution >= 0.6 is 0 Å². The van der Waals surface area contributed by atoms with Gasteiger partial charge in [-0.25, -0.2) is 0 Å². The van der Waals surface area contributed by atoms with Crippen LogP contribution in [0.15, 0.2) is 30.3 Å². The van der Waals surface area contributed by atoms with E-state index in [9.17, 15) is 0 Å². The maximum atomic E-state index is 4.57. The molecule has 2 fully saturated rings. The van der Waals surface area contributed by atoms with Crippen LogP contribution < -0.4 is 4.90 Å². The van der Waals surface area contributed by atoms with Gasteiger partial charge in [-0.1, -0.05) is 6.07 Å². The average Bonchev–Trinajstić information content (AvgIpc) is 3.25. The summed E-state index contributed by atoms with van der Waals surface area (Å²) < 4.78 is 0. The fourth-order valence-corrected chi connectivity index (χ4v) is 5.30. The second-order valence-electron chi connectivity index (χ2n) is 8.50. The van der Waals surface area contributed by atoms with E-state index in [0.717, 1.165) is 36.1 Å². The van der Waals surface area contributed by atoms with Gasteiger partial charge in [0.2, 0.25) is 0 Å². The first-order valence-electron chi connectivity index (χ1n) is 10.2. The topological polar surface area (TPSA) is 48.0 Å². The number of nitrogens with one attached hydrogen (secondary N) is 1. The maximum absolute atomic E-state index is 4.57. The third-order valence-corrected chi connectivity index (χ3v) is 6.86. The Morgan fingerprint density at radius 2 is 1.93 bits per heavy atom. The fourth-order valence-electron chi connectivity index (χ4n) is 5.30.